The molecular formula is C31H30N2O4. The Labute approximate surface area is 216 Å². The van der Waals surface area contributed by atoms with Crippen LogP contribution >= 0.6 is 0 Å². The first-order chi connectivity index (χ1) is 18.2. The van der Waals surface area contributed by atoms with Crippen molar-refractivity contribution in [3.8, 4) is 11.8 Å². The molecule has 5 rings (SSSR count). The van der Waals surface area contributed by atoms with E-state index in [-0.39, 0.29) is 12.6 Å². The average Bonchev–Trinajstić information content (AvgIpc) is 3.39. The third-order valence-corrected chi connectivity index (χ3v) is 6.69. The number of allylic oxidation sites excluding steroid dienone is 1. The van der Waals surface area contributed by atoms with Gasteiger partial charge in [-0.05, 0) is 53.5 Å². The van der Waals surface area contributed by atoms with E-state index in [1.54, 1.807) is 6.20 Å². The number of aliphatic carboxylic acids is 1. The molecule has 0 bridgehead atoms. The van der Waals surface area contributed by atoms with Gasteiger partial charge in [0.2, 0.25) is 0 Å². The Bertz CT molecular complexity index is 1310. The molecule has 1 N–H and O–H groups in total. The third-order valence-electron chi connectivity index (χ3n) is 6.69. The summed E-state index contributed by atoms with van der Waals surface area (Å²) in [6.45, 7) is 0.112. The van der Waals surface area contributed by atoms with E-state index in [9.17, 15) is 4.79 Å². The number of hydrogen-bond donors (Lipinski definition) is 1. The lowest BCUT2D eigenvalue weighted by Crippen LogP contribution is -2.16. The molecule has 1 atom stereocenters. The van der Waals surface area contributed by atoms with E-state index >= 15 is 0 Å². The fourth-order valence-corrected chi connectivity index (χ4v) is 5.00. The molecule has 0 radical (unpaired) electrons. The highest BCUT2D eigenvalue weighted by Crippen LogP contribution is 2.33. The minimum atomic E-state index is -0.964. The predicted molar refractivity (Wildman–Crippen MR) is 142 cm³/mol. The third kappa shape index (κ3) is 5.92. The second-order valence-electron chi connectivity index (χ2n) is 9.16. The van der Waals surface area contributed by atoms with Gasteiger partial charge in [-0.25, -0.2) is 9.78 Å². The number of benzene rings is 3. The van der Waals surface area contributed by atoms with Gasteiger partial charge in [0, 0.05) is 12.4 Å². The average molecular weight is 495 g/mol. The van der Waals surface area contributed by atoms with Crippen molar-refractivity contribution in [3.05, 3.63) is 126 Å². The second kappa shape index (κ2) is 11.6. The van der Waals surface area contributed by atoms with Gasteiger partial charge in [0.15, 0.2) is 6.61 Å². The molecule has 0 amide bonds. The molecule has 1 aliphatic carbocycles. The molecule has 4 aromatic rings. The zero-order chi connectivity index (χ0) is 25.5. The van der Waals surface area contributed by atoms with Crippen LogP contribution in [0.25, 0.3) is 0 Å². The molecule has 0 saturated carbocycles. The van der Waals surface area contributed by atoms with Crippen LogP contribution in [0.15, 0.2) is 103 Å². The van der Waals surface area contributed by atoms with Crippen LogP contribution in [-0.2, 0) is 17.6 Å². The van der Waals surface area contributed by atoms with Gasteiger partial charge in [0.05, 0.1) is 6.04 Å². The zero-order valence-corrected chi connectivity index (χ0v) is 20.6. The first-order valence-corrected chi connectivity index (χ1v) is 12.6. The minimum absolute atomic E-state index is 0.0312. The maximum Gasteiger partial charge on any atom is 0.341 e. The number of hydrogen-bond acceptors (Lipinski definition) is 4. The molecule has 3 aromatic carbocycles. The van der Waals surface area contributed by atoms with Crippen LogP contribution in [-0.4, -0.2) is 33.8 Å². The topological polar surface area (TPSA) is 73.6 Å². The Morgan fingerprint density at radius 2 is 1.73 bits per heavy atom. The fraction of sp³-hybridized carbons (Fsp3) is 0.226. The highest BCUT2D eigenvalue weighted by atomic mass is 16.5. The van der Waals surface area contributed by atoms with Crippen molar-refractivity contribution >= 4 is 5.97 Å². The van der Waals surface area contributed by atoms with Gasteiger partial charge in [0.25, 0.3) is 6.01 Å². The number of aromatic nitrogens is 2. The summed E-state index contributed by atoms with van der Waals surface area (Å²) in [7, 11) is 0. The molecule has 6 nitrogen and oxygen atoms in total. The summed E-state index contributed by atoms with van der Waals surface area (Å²) < 4.78 is 13.7. The highest BCUT2D eigenvalue weighted by molar-refractivity contribution is 5.68. The minimum Gasteiger partial charge on any atom is -0.482 e. The molecule has 0 aliphatic heterocycles. The van der Waals surface area contributed by atoms with Gasteiger partial charge in [0.1, 0.15) is 12.4 Å². The summed E-state index contributed by atoms with van der Waals surface area (Å²) in [5, 5.41) is 8.92. The first kappa shape index (κ1) is 24.4. The van der Waals surface area contributed by atoms with E-state index in [0.717, 1.165) is 24.8 Å². The lowest BCUT2D eigenvalue weighted by molar-refractivity contribution is -0.139. The largest absolute Gasteiger partial charge is 0.482 e. The quantitative estimate of drug-likeness (QED) is 0.285. The number of rotatable bonds is 10. The smallest absolute Gasteiger partial charge is 0.341 e. The number of fused-ring (bicyclic) bond motifs is 1. The van der Waals surface area contributed by atoms with Crippen molar-refractivity contribution in [2.45, 2.75) is 25.3 Å². The summed E-state index contributed by atoms with van der Waals surface area (Å²) in [4.78, 5) is 15.4. The van der Waals surface area contributed by atoms with Gasteiger partial charge in [-0.2, -0.15) is 0 Å². The van der Waals surface area contributed by atoms with Crippen molar-refractivity contribution in [1.82, 2.24) is 9.55 Å². The molecular weight excluding hydrogens is 464 g/mol. The standard InChI is InChI=1S/C31H30N2O4/c34-29(35)22-37-28-15-7-14-26-21-23(16-17-27(26)28)9-8-20-36-31-32-18-19-33(31)30(24-10-3-1-4-11-24)25-12-5-2-6-13-25/h1-15,18-19,23,30H,16-17,20-22H2,(H,34,35). The Morgan fingerprint density at radius 3 is 2.43 bits per heavy atom. The van der Waals surface area contributed by atoms with Crippen LogP contribution in [0.5, 0.6) is 11.8 Å². The van der Waals surface area contributed by atoms with Crippen molar-refractivity contribution in [1.29, 1.82) is 0 Å². The van der Waals surface area contributed by atoms with Crippen LogP contribution in [0.2, 0.25) is 0 Å². The van der Waals surface area contributed by atoms with Crippen molar-refractivity contribution in [2.75, 3.05) is 13.2 Å². The Kier molecular flexibility index (Phi) is 7.65. The molecule has 1 aromatic heterocycles. The van der Waals surface area contributed by atoms with E-state index in [2.05, 4.69) is 76.3 Å². The van der Waals surface area contributed by atoms with Crippen LogP contribution < -0.4 is 9.47 Å². The summed E-state index contributed by atoms with van der Waals surface area (Å²) in [5.41, 5.74) is 4.67. The van der Waals surface area contributed by atoms with E-state index in [0.29, 0.717) is 24.3 Å². The molecule has 1 unspecified atom stereocenters. The van der Waals surface area contributed by atoms with Crippen LogP contribution in [0.1, 0.15) is 34.7 Å². The van der Waals surface area contributed by atoms with Crippen molar-refractivity contribution in [2.24, 2.45) is 5.92 Å². The molecule has 1 aliphatic rings. The number of carboxylic acids is 1. The number of nitrogens with zero attached hydrogens (tertiary/aromatic N) is 2. The van der Waals surface area contributed by atoms with Gasteiger partial charge in [-0.3, -0.25) is 4.57 Å². The lowest BCUT2D eigenvalue weighted by atomic mass is 9.83. The van der Waals surface area contributed by atoms with Gasteiger partial charge in [-0.1, -0.05) is 84.9 Å². The summed E-state index contributed by atoms with van der Waals surface area (Å²) >= 11 is 0. The van der Waals surface area contributed by atoms with Gasteiger partial charge < -0.3 is 14.6 Å². The molecule has 6 heteroatoms. The molecule has 37 heavy (non-hydrogen) atoms. The molecule has 188 valence electrons. The predicted octanol–water partition coefficient (Wildman–Crippen LogP) is 5.72. The Hall–Kier alpha value is -4.32. The maximum absolute atomic E-state index is 10.9. The number of ether oxygens (including phenoxy) is 2. The first-order valence-electron chi connectivity index (χ1n) is 12.6. The second-order valence-corrected chi connectivity index (χ2v) is 9.16. The van der Waals surface area contributed by atoms with E-state index < -0.39 is 5.97 Å². The summed E-state index contributed by atoms with van der Waals surface area (Å²) in [6.07, 6.45) is 10.8. The lowest BCUT2D eigenvalue weighted by Gasteiger charge is -2.24. The molecule has 0 spiro atoms. The van der Waals surface area contributed by atoms with E-state index in [1.807, 2.05) is 30.5 Å². The van der Waals surface area contributed by atoms with Crippen molar-refractivity contribution < 1.29 is 19.4 Å². The van der Waals surface area contributed by atoms with Gasteiger partial charge >= 0.3 is 5.97 Å². The van der Waals surface area contributed by atoms with E-state index in [4.69, 9.17) is 14.6 Å². The molecule has 0 saturated heterocycles. The normalized spacial score (nSPS) is 15.0. The summed E-state index contributed by atoms with van der Waals surface area (Å²) in [6, 6.07) is 27.2. The van der Waals surface area contributed by atoms with E-state index in [1.165, 1.54) is 16.7 Å². The van der Waals surface area contributed by atoms with Gasteiger partial charge in [-0.15, -0.1) is 0 Å². The fourth-order valence-electron chi connectivity index (χ4n) is 5.00. The zero-order valence-electron chi connectivity index (χ0n) is 20.6. The summed E-state index contributed by atoms with van der Waals surface area (Å²) in [5.74, 6) is 0.115. The van der Waals surface area contributed by atoms with Crippen LogP contribution in [0, 0.1) is 5.92 Å². The monoisotopic (exact) mass is 494 g/mol. The number of imidazole rings is 1. The SMILES string of the molecule is O=C(O)COc1cccc2c1CCC(C=CCOc1nccn1C(c1ccccc1)c1ccccc1)C2. The number of carboxylic acid groups (broad SMARTS) is 1. The number of carbonyl (C=O) groups is 1. The van der Waals surface area contributed by atoms with Crippen molar-refractivity contribution in [3.63, 3.8) is 0 Å². The molecule has 0 fully saturated rings. The maximum atomic E-state index is 10.9. The Morgan fingerprint density at radius 1 is 1.00 bits per heavy atom. The highest BCUT2D eigenvalue weighted by Gasteiger charge is 2.21. The van der Waals surface area contributed by atoms with Crippen LogP contribution in [0.4, 0.5) is 0 Å². The Balaban J connectivity index is 1.24. The molecule has 1 heterocycles. The van der Waals surface area contributed by atoms with Crippen LogP contribution in [0.3, 0.4) is 0 Å².